The minimum Gasteiger partial charge on any atom is -0.508 e. The van der Waals surface area contributed by atoms with E-state index in [1.54, 1.807) is 13.8 Å². The molecule has 170 valence electrons. The minimum atomic E-state index is -0.988. The van der Waals surface area contributed by atoms with E-state index >= 15 is 0 Å². The first kappa shape index (κ1) is 26.4. The van der Waals surface area contributed by atoms with Gasteiger partial charge in [0.1, 0.15) is 5.75 Å². The van der Waals surface area contributed by atoms with E-state index in [1.165, 1.54) is 34.9 Å². The average Bonchev–Trinajstić information content (AvgIpc) is 2.66. The zero-order valence-electron chi connectivity index (χ0n) is 19.6. The van der Waals surface area contributed by atoms with Crippen molar-refractivity contribution in [3.05, 3.63) is 76.4 Å². The fourth-order valence-corrected chi connectivity index (χ4v) is 3.08. The molecule has 3 N–H and O–H groups in total. The lowest BCUT2D eigenvalue weighted by molar-refractivity contribution is 0.0696. The zero-order chi connectivity index (χ0) is 23.4. The summed E-state index contributed by atoms with van der Waals surface area (Å²) in [5.74, 6) is -0.859. The summed E-state index contributed by atoms with van der Waals surface area (Å²) >= 11 is 0. The van der Waals surface area contributed by atoms with Crippen LogP contribution in [0.1, 0.15) is 82.6 Å². The van der Waals surface area contributed by atoms with Gasteiger partial charge >= 0.3 is 5.97 Å². The van der Waals surface area contributed by atoms with Crippen LogP contribution in [0.2, 0.25) is 0 Å². The van der Waals surface area contributed by atoms with Gasteiger partial charge < -0.3 is 15.3 Å². The summed E-state index contributed by atoms with van der Waals surface area (Å²) in [4.78, 5) is 11.1. The Hall–Kier alpha value is -2.59. The molecule has 0 saturated carbocycles. The Kier molecular flexibility index (Phi) is 11.1. The molecule has 0 aromatic heterocycles. The minimum absolute atomic E-state index is 0.128. The average molecular weight is 427 g/mol. The molecule has 0 aliphatic carbocycles. The molecule has 4 nitrogen and oxygen atoms in total. The highest BCUT2D eigenvalue weighted by Crippen LogP contribution is 2.21. The number of benzene rings is 1. The number of allylic oxidation sites excluding steroid dienone is 7. The highest BCUT2D eigenvalue weighted by Gasteiger charge is 2.07. The maximum absolute atomic E-state index is 11.1. The predicted octanol–water partition coefficient (Wildman–Crippen LogP) is 6.75. The normalized spacial score (nSPS) is 13.8. The third kappa shape index (κ3) is 12.0. The third-order valence-corrected chi connectivity index (χ3v) is 5.03. The van der Waals surface area contributed by atoms with E-state index in [9.17, 15) is 15.0 Å². The standard InChI is InChI=1S/C27H38O4/c1-20(9-6-11-21(2)13-8-18-27(4,5)31)10-7-12-22(3)14-15-23-19-24(26(29)30)16-17-25(23)28/h8,10-11,14,16-19,28,31H,6-7,9,12-13,15H2,1-5H3,(H,29,30)/b18-8+,20-10+,21-11+,22-14+. The number of carboxylic acids is 1. The van der Waals surface area contributed by atoms with Gasteiger partial charge in [0.15, 0.2) is 0 Å². The van der Waals surface area contributed by atoms with Gasteiger partial charge in [-0.25, -0.2) is 4.79 Å². The number of phenols is 1. The molecule has 31 heavy (non-hydrogen) atoms. The first-order chi connectivity index (χ1) is 14.5. The Morgan fingerprint density at radius 3 is 2.13 bits per heavy atom. The fraction of sp³-hybridized carbons (Fsp3) is 0.444. The number of hydrogen-bond donors (Lipinski definition) is 3. The molecule has 0 bridgehead atoms. The van der Waals surface area contributed by atoms with Crippen LogP contribution < -0.4 is 0 Å². The van der Waals surface area contributed by atoms with Gasteiger partial charge in [0.25, 0.3) is 0 Å². The molecule has 0 saturated heterocycles. The van der Waals surface area contributed by atoms with Gasteiger partial charge in [-0.1, -0.05) is 47.1 Å². The van der Waals surface area contributed by atoms with Crippen LogP contribution in [-0.4, -0.2) is 26.9 Å². The van der Waals surface area contributed by atoms with Gasteiger partial charge in [0.2, 0.25) is 0 Å². The Balaban J connectivity index is 2.44. The summed E-state index contributed by atoms with van der Waals surface area (Å²) < 4.78 is 0. The first-order valence-electron chi connectivity index (χ1n) is 10.9. The van der Waals surface area contributed by atoms with E-state index in [1.807, 2.05) is 12.2 Å². The second kappa shape index (κ2) is 13.0. The third-order valence-electron chi connectivity index (χ3n) is 5.03. The number of aromatic hydroxyl groups is 1. The summed E-state index contributed by atoms with van der Waals surface area (Å²) in [7, 11) is 0. The molecule has 0 amide bonds. The molecule has 0 atom stereocenters. The second-order valence-electron chi connectivity index (χ2n) is 8.84. The fourth-order valence-electron chi connectivity index (χ4n) is 3.08. The van der Waals surface area contributed by atoms with E-state index in [-0.39, 0.29) is 11.3 Å². The Bertz CT molecular complexity index is 848. The molecule has 4 heteroatoms. The number of aliphatic hydroxyl groups is 1. The first-order valence-corrected chi connectivity index (χ1v) is 10.9. The van der Waals surface area contributed by atoms with Crippen molar-refractivity contribution >= 4 is 5.97 Å². The monoisotopic (exact) mass is 426 g/mol. The lowest BCUT2D eigenvalue weighted by atomic mass is 10.0. The lowest BCUT2D eigenvalue weighted by Gasteiger charge is -2.10. The SMILES string of the molecule is C/C(=C\CC/C(C)=C/CC/C(C)=C/Cc1cc(C(=O)O)ccc1O)C/C=C/C(C)(C)O. The highest BCUT2D eigenvalue weighted by atomic mass is 16.4. The van der Waals surface area contributed by atoms with Crippen LogP contribution in [0.25, 0.3) is 0 Å². The zero-order valence-corrected chi connectivity index (χ0v) is 19.6. The summed E-state index contributed by atoms with van der Waals surface area (Å²) in [6.07, 6.45) is 15.8. The predicted molar refractivity (Wildman–Crippen MR) is 129 cm³/mol. The van der Waals surface area contributed by atoms with E-state index in [4.69, 9.17) is 5.11 Å². The number of aromatic carboxylic acids is 1. The topological polar surface area (TPSA) is 77.8 Å². The van der Waals surface area contributed by atoms with Gasteiger partial charge in [-0.2, -0.15) is 0 Å². The summed E-state index contributed by atoms with van der Waals surface area (Å²) in [6, 6.07) is 4.38. The molecule has 0 unspecified atom stereocenters. The Morgan fingerprint density at radius 2 is 1.55 bits per heavy atom. The van der Waals surface area contributed by atoms with E-state index in [0.717, 1.165) is 32.1 Å². The lowest BCUT2D eigenvalue weighted by Crippen LogP contribution is -2.13. The van der Waals surface area contributed by atoms with Gasteiger partial charge in [-0.3, -0.25) is 0 Å². The van der Waals surface area contributed by atoms with Crippen molar-refractivity contribution in [2.24, 2.45) is 0 Å². The molecule has 1 aromatic carbocycles. The highest BCUT2D eigenvalue weighted by molar-refractivity contribution is 5.88. The number of carboxylic acid groups (broad SMARTS) is 1. The largest absolute Gasteiger partial charge is 0.508 e. The number of carbonyl (C=O) groups is 1. The number of phenolic OH excluding ortho intramolecular Hbond substituents is 1. The van der Waals surface area contributed by atoms with Crippen molar-refractivity contribution in [1.29, 1.82) is 0 Å². The van der Waals surface area contributed by atoms with Crippen LogP contribution in [0.15, 0.2) is 65.3 Å². The van der Waals surface area contributed by atoms with Crippen LogP contribution in [0.5, 0.6) is 5.75 Å². The van der Waals surface area contributed by atoms with Gasteiger partial charge in [-0.05, 0) is 96.9 Å². The molecular weight excluding hydrogens is 388 g/mol. The van der Waals surface area contributed by atoms with E-state index < -0.39 is 11.6 Å². The second-order valence-corrected chi connectivity index (χ2v) is 8.84. The molecule has 0 aliphatic heterocycles. The van der Waals surface area contributed by atoms with Crippen molar-refractivity contribution in [2.45, 2.75) is 78.7 Å². The van der Waals surface area contributed by atoms with Gasteiger partial charge in [0, 0.05) is 0 Å². The maximum atomic E-state index is 11.1. The molecular formula is C27H38O4. The molecule has 0 aliphatic rings. The van der Waals surface area contributed by atoms with E-state index in [0.29, 0.717) is 12.0 Å². The summed E-state index contributed by atoms with van der Waals surface area (Å²) in [6.45, 7) is 9.88. The number of rotatable bonds is 12. The van der Waals surface area contributed by atoms with E-state index in [2.05, 4.69) is 39.0 Å². The smallest absolute Gasteiger partial charge is 0.335 e. The van der Waals surface area contributed by atoms with Gasteiger partial charge in [0.05, 0.1) is 11.2 Å². The van der Waals surface area contributed by atoms with Crippen molar-refractivity contribution in [2.75, 3.05) is 0 Å². The van der Waals surface area contributed by atoms with Crippen LogP contribution in [0.4, 0.5) is 0 Å². The maximum Gasteiger partial charge on any atom is 0.335 e. The van der Waals surface area contributed by atoms with Crippen LogP contribution in [0.3, 0.4) is 0 Å². The van der Waals surface area contributed by atoms with Crippen LogP contribution in [-0.2, 0) is 6.42 Å². The van der Waals surface area contributed by atoms with Crippen LogP contribution in [0, 0.1) is 0 Å². The van der Waals surface area contributed by atoms with Crippen LogP contribution >= 0.6 is 0 Å². The number of hydrogen-bond acceptors (Lipinski definition) is 3. The Morgan fingerprint density at radius 1 is 0.968 bits per heavy atom. The molecule has 0 spiro atoms. The Labute approximate surface area is 187 Å². The molecule has 1 rings (SSSR count). The molecule has 1 aromatic rings. The van der Waals surface area contributed by atoms with Crippen molar-refractivity contribution < 1.29 is 20.1 Å². The molecule has 0 heterocycles. The van der Waals surface area contributed by atoms with Crippen molar-refractivity contribution in [1.82, 2.24) is 0 Å². The summed E-state index contributed by atoms with van der Waals surface area (Å²) in [5.41, 5.74) is 3.96. The summed E-state index contributed by atoms with van der Waals surface area (Å²) in [5, 5.41) is 28.7. The van der Waals surface area contributed by atoms with Crippen molar-refractivity contribution in [3.8, 4) is 5.75 Å². The molecule has 0 radical (unpaired) electrons. The van der Waals surface area contributed by atoms with Gasteiger partial charge in [-0.15, -0.1) is 0 Å². The molecule has 0 fully saturated rings. The van der Waals surface area contributed by atoms with Crippen molar-refractivity contribution in [3.63, 3.8) is 0 Å². The quantitative estimate of drug-likeness (QED) is 0.323.